The molecular weight excluding hydrogens is 359 g/mol. The maximum absolute atomic E-state index is 13.2. The molecule has 0 unspecified atom stereocenters. The Morgan fingerprint density at radius 2 is 1.81 bits per heavy atom. The highest BCUT2D eigenvalue weighted by Crippen LogP contribution is 2.21. The molecule has 0 spiro atoms. The van der Waals surface area contributed by atoms with Gasteiger partial charge in [-0.3, -0.25) is 4.79 Å². The summed E-state index contributed by atoms with van der Waals surface area (Å²) in [6.45, 7) is 0. The molecule has 1 aromatic heterocycles. The number of nitrogens with zero attached hydrogens (tertiary/aromatic N) is 2. The molecule has 0 saturated heterocycles. The third kappa shape index (κ3) is 4.25. The van der Waals surface area contributed by atoms with Gasteiger partial charge >= 0.3 is 0 Å². The van der Waals surface area contributed by atoms with Gasteiger partial charge in [-0.1, -0.05) is 11.6 Å². The highest BCUT2D eigenvalue weighted by atomic mass is 35.5. The minimum absolute atomic E-state index is 0.00144. The second-order valence-corrected chi connectivity index (χ2v) is 5.63. The lowest BCUT2D eigenvalue weighted by Gasteiger charge is -2.08. The van der Waals surface area contributed by atoms with E-state index in [1.807, 2.05) is 0 Å². The van der Waals surface area contributed by atoms with Crippen LogP contribution in [0.4, 0.5) is 21.6 Å². The fourth-order valence-electron chi connectivity index (χ4n) is 2.10. The summed E-state index contributed by atoms with van der Waals surface area (Å²) in [4.78, 5) is 20.4. The number of anilines is 3. The Kier molecular flexibility index (Phi) is 5.28. The standard InChI is InChI=1S/C18H14ClFN4O2/c1-26-13-5-2-11(3-6-13)24-18(25)16-9-22-17(10-21-16)23-12-4-7-15(20)14(19)8-12/h2-10H,1H3,(H,22,23)(H,24,25). The molecule has 0 fully saturated rings. The fraction of sp³-hybridized carbons (Fsp3) is 0.0556. The van der Waals surface area contributed by atoms with Gasteiger partial charge in [0, 0.05) is 11.4 Å². The third-order valence-corrected chi connectivity index (χ3v) is 3.71. The lowest BCUT2D eigenvalue weighted by atomic mass is 10.3. The molecule has 3 rings (SSSR count). The van der Waals surface area contributed by atoms with E-state index in [1.165, 1.54) is 30.6 Å². The van der Waals surface area contributed by atoms with Crippen LogP contribution in [-0.2, 0) is 0 Å². The van der Waals surface area contributed by atoms with E-state index in [4.69, 9.17) is 16.3 Å². The molecule has 0 atom stereocenters. The second kappa shape index (κ2) is 7.79. The van der Waals surface area contributed by atoms with Crippen LogP contribution in [0.15, 0.2) is 54.9 Å². The number of amides is 1. The molecule has 26 heavy (non-hydrogen) atoms. The predicted molar refractivity (Wildman–Crippen MR) is 97.7 cm³/mol. The van der Waals surface area contributed by atoms with Gasteiger partial charge in [0.05, 0.1) is 24.5 Å². The first-order chi connectivity index (χ1) is 12.5. The molecule has 0 aliphatic heterocycles. The van der Waals surface area contributed by atoms with Crippen LogP contribution in [0.25, 0.3) is 0 Å². The van der Waals surface area contributed by atoms with Gasteiger partial charge in [-0.05, 0) is 42.5 Å². The summed E-state index contributed by atoms with van der Waals surface area (Å²) in [6, 6.07) is 11.1. The first kappa shape index (κ1) is 17.6. The number of hydrogen-bond acceptors (Lipinski definition) is 5. The van der Waals surface area contributed by atoms with Crippen LogP contribution >= 0.6 is 11.6 Å². The molecule has 0 aliphatic carbocycles. The lowest BCUT2D eigenvalue weighted by Crippen LogP contribution is -2.14. The number of carbonyl (C=O) groups is 1. The van der Waals surface area contributed by atoms with Gasteiger partial charge in [-0.25, -0.2) is 14.4 Å². The fourth-order valence-corrected chi connectivity index (χ4v) is 2.28. The summed E-state index contributed by atoms with van der Waals surface area (Å²) in [5.41, 5.74) is 1.32. The Hall–Kier alpha value is -3.19. The van der Waals surface area contributed by atoms with Crippen LogP contribution in [0.5, 0.6) is 5.75 Å². The Bertz CT molecular complexity index is 917. The van der Waals surface area contributed by atoms with E-state index in [0.29, 0.717) is 22.9 Å². The average Bonchev–Trinajstić information content (AvgIpc) is 2.66. The van der Waals surface area contributed by atoms with Crippen molar-refractivity contribution in [1.82, 2.24) is 9.97 Å². The monoisotopic (exact) mass is 372 g/mol. The van der Waals surface area contributed by atoms with Gasteiger partial charge in [0.15, 0.2) is 0 Å². The lowest BCUT2D eigenvalue weighted by molar-refractivity contribution is 0.102. The van der Waals surface area contributed by atoms with Gasteiger partial charge in [0.25, 0.3) is 5.91 Å². The van der Waals surface area contributed by atoms with Crippen molar-refractivity contribution in [3.8, 4) is 5.75 Å². The second-order valence-electron chi connectivity index (χ2n) is 5.22. The molecule has 0 bridgehead atoms. The van der Waals surface area contributed by atoms with E-state index in [9.17, 15) is 9.18 Å². The summed E-state index contributed by atoms with van der Waals surface area (Å²) in [5.74, 6) is 0.195. The van der Waals surface area contributed by atoms with Crippen molar-refractivity contribution in [2.75, 3.05) is 17.7 Å². The van der Waals surface area contributed by atoms with Crippen molar-refractivity contribution < 1.29 is 13.9 Å². The molecule has 1 heterocycles. The van der Waals surface area contributed by atoms with E-state index in [1.54, 1.807) is 31.4 Å². The maximum Gasteiger partial charge on any atom is 0.275 e. The normalized spacial score (nSPS) is 10.3. The average molecular weight is 373 g/mol. The zero-order valence-corrected chi connectivity index (χ0v) is 14.4. The minimum atomic E-state index is -0.506. The zero-order chi connectivity index (χ0) is 18.5. The smallest absolute Gasteiger partial charge is 0.275 e. The van der Waals surface area contributed by atoms with Crippen LogP contribution in [0.3, 0.4) is 0 Å². The zero-order valence-electron chi connectivity index (χ0n) is 13.7. The molecule has 3 aromatic rings. The highest BCUT2D eigenvalue weighted by Gasteiger charge is 2.09. The van der Waals surface area contributed by atoms with E-state index in [2.05, 4.69) is 20.6 Å². The Labute approximate surface area is 154 Å². The summed E-state index contributed by atoms with van der Waals surface area (Å²) in [5, 5.41) is 5.64. The van der Waals surface area contributed by atoms with Crippen LogP contribution in [0.2, 0.25) is 5.02 Å². The molecule has 2 N–H and O–H groups in total. The van der Waals surface area contributed by atoms with Crippen LogP contribution in [0.1, 0.15) is 10.5 Å². The van der Waals surface area contributed by atoms with Gasteiger partial charge in [0.2, 0.25) is 0 Å². The van der Waals surface area contributed by atoms with Crippen LogP contribution in [0, 0.1) is 5.82 Å². The summed E-state index contributed by atoms with van der Waals surface area (Å²) >= 11 is 5.73. The number of benzene rings is 2. The number of nitrogens with one attached hydrogen (secondary N) is 2. The number of aromatic nitrogens is 2. The summed E-state index contributed by atoms with van der Waals surface area (Å²) in [6.07, 6.45) is 2.74. The van der Waals surface area contributed by atoms with E-state index in [-0.39, 0.29) is 16.6 Å². The van der Waals surface area contributed by atoms with Crippen LogP contribution in [-0.4, -0.2) is 23.0 Å². The molecule has 0 aliphatic rings. The molecule has 0 saturated carbocycles. The van der Waals surface area contributed by atoms with Gasteiger partial charge in [0.1, 0.15) is 23.1 Å². The summed E-state index contributed by atoms with van der Waals surface area (Å²) in [7, 11) is 1.57. The predicted octanol–water partition coefficient (Wildman–Crippen LogP) is 4.27. The van der Waals surface area contributed by atoms with Gasteiger partial charge < -0.3 is 15.4 Å². The Morgan fingerprint density at radius 3 is 2.42 bits per heavy atom. The van der Waals surface area contributed by atoms with E-state index >= 15 is 0 Å². The van der Waals surface area contributed by atoms with Crippen molar-refractivity contribution in [2.24, 2.45) is 0 Å². The van der Waals surface area contributed by atoms with Crippen molar-refractivity contribution in [1.29, 1.82) is 0 Å². The van der Waals surface area contributed by atoms with Crippen molar-refractivity contribution in [3.63, 3.8) is 0 Å². The van der Waals surface area contributed by atoms with E-state index < -0.39 is 5.82 Å². The highest BCUT2D eigenvalue weighted by molar-refractivity contribution is 6.31. The topological polar surface area (TPSA) is 76.1 Å². The molecule has 132 valence electrons. The van der Waals surface area contributed by atoms with Gasteiger partial charge in [-0.2, -0.15) is 0 Å². The molecule has 2 aromatic carbocycles. The quantitative estimate of drug-likeness (QED) is 0.699. The first-order valence-corrected chi connectivity index (χ1v) is 7.92. The molecule has 8 heteroatoms. The molecular formula is C18H14ClFN4O2. The SMILES string of the molecule is COc1ccc(NC(=O)c2cnc(Nc3ccc(F)c(Cl)c3)cn2)cc1. The number of halogens is 2. The van der Waals surface area contributed by atoms with Crippen LogP contribution < -0.4 is 15.4 Å². The summed E-state index contributed by atoms with van der Waals surface area (Å²) < 4.78 is 18.2. The van der Waals surface area contributed by atoms with Crippen molar-refractivity contribution in [3.05, 3.63) is 71.4 Å². The van der Waals surface area contributed by atoms with Gasteiger partial charge in [-0.15, -0.1) is 0 Å². The Morgan fingerprint density at radius 1 is 1.08 bits per heavy atom. The first-order valence-electron chi connectivity index (χ1n) is 7.54. The number of methoxy groups -OCH3 is 1. The largest absolute Gasteiger partial charge is 0.497 e. The number of carbonyl (C=O) groups excluding carboxylic acids is 1. The maximum atomic E-state index is 13.2. The number of hydrogen-bond donors (Lipinski definition) is 2. The number of rotatable bonds is 5. The third-order valence-electron chi connectivity index (χ3n) is 3.42. The molecule has 1 amide bonds. The van der Waals surface area contributed by atoms with E-state index in [0.717, 1.165) is 0 Å². The van der Waals surface area contributed by atoms with Crippen molar-refractivity contribution >= 4 is 34.7 Å². The minimum Gasteiger partial charge on any atom is -0.497 e. The molecule has 6 nitrogen and oxygen atoms in total. The molecule has 0 radical (unpaired) electrons. The Balaban J connectivity index is 1.66. The number of ether oxygens (including phenoxy) is 1. The van der Waals surface area contributed by atoms with Crippen molar-refractivity contribution in [2.45, 2.75) is 0 Å².